The van der Waals surface area contributed by atoms with Gasteiger partial charge in [-0.25, -0.2) is 0 Å². The van der Waals surface area contributed by atoms with Crippen molar-refractivity contribution in [3.8, 4) is 0 Å². The molecule has 2 atom stereocenters. The summed E-state index contributed by atoms with van der Waals surface area (Å²) in [6.07, 6.45) is -1.39. The Morgan fingerprint density at radius 3 is 2.07 bits per heavy atom. The van der Waals surface area contributed by atoms with Crippen LogP contribution in [0.15, 0.2) is 0 Å². The number of carbonyl (C=O) groups excluding carboxylic acids is 1. The summed E-state index contributed by atoms with van der Waals surface area (Å²) in [6.45, 7) is 6.43. The monoisotopic (exact) mass is 218 g/mol. The van der Waals surface area contributed by atoms with Crippen molar-refractivity contribution in [3.05, 3.63) is 0 Å². The van der Waals surface area contributed by atoms with Gasteiger partial charge in [-0.15, -0.1) is 0 Å². The molecule has 0 aromatic rings. The van der Waals surface area contributed by atoms with Crippen LogP contribution in [-0.4, -0.2) is 33.9 Å². The molecule has 0 heterocycles. The molecule has 0 aromatic carbocycles. The summed E-state index contributed by atoms with van der Waals surface area (Å²) in [6, 6.07) is 0. The third-order valence-corrected chi connectivity index (χ3v) is 1.71. The topological polar surface area (TPSA) is 83.8 Å². The highest BCUT2D eigenvalue weighted by molar-refractivity contribution is 5.79. The second kappa shape index (κ2) is 5.11. The Hall–Kier alpha value is -1.10. The first kappa shape index (κ1) is 13.9. The first-order chi connectivity index (χ1) is 6.63. The summed E-state index contributed by atoms with van der Waals surface area (Å²) in [5, 5.41) is 17.9. The molecule has 2 N–H and O–H groups in total. The normalized spacial score (nSPS) is 15.5. The van der Waals surface area contributed by atoms with Gasteiger partial charge in [-0.3, -0.25) is 9.59 Å². The maximum absolute atomic E-state index is 11.3. The number of ether oxygens (including phenoxy) is 1. The van der Waals surface area contributed by atoms with Gasteiger partial charge in [-0.05, 0) is 27.7 Å². The number of hydrogen-bond donors (Lipinski definition) is 2. The van der Waals surface area contributed by atoms with Crippen LogP contribution in [0.3, 0.4) is 0 Å². The van der Waals surface area contributed by atoms with Crippen LogP contribution in [0.1, 0.15) is 34.1 Å². The number of aliphatic hydroxyl groups excluding tert-OH is 1. The number of hydrogen-bond acceptors (Lipinski definition) is 4. The van der Waals surface area contributed by atoms with Crippen LogP contribution in [0.25, 0.3) is 0 Å². The van der Waals surface area contributed by atoms with Crippen molar-refractivity contribution < 1.29 is 24.5 Å². The maximum Gasteiger partial charge on any atom is 0.309 e. The molecule has 5 heteroatoms. The Morgan fingerprint density at radius 1 is 1.33 bits per heavy atom. The third kappa shape index (κ3) is 6.06. The van der Waals surface area contributed by atoms with Crippen molar-refractivity contribution in [2.75, 3.05) is 0 Å². The molecule has 0 amide bonds. The summed E-state index contributed by atoms with van der Waals surface area (Å²) in [4.78, 5) is 22.0. The predicted molar refractivity (Wildman–Crippen MR) is 53.3 cm³/mol. The molecular weight excluding hydrogens is 200 g/mol. The Bertz CT molecular complexity index is 239. The Balaban J connectivity index is 4.31. The lowest BCUT2D eigenvalue weighted by Crippen LogP contribution is -2.31. The minimum atomic E-state index is -1.20. The lowest BCUT2D eigenvalue weighted by atomic mass is 10.00. The van der Waals surface area contributed by atoms with Gasteiger partial charge >= 0.3 is 11.9 Å². The number of esters is 1. The average Bonchev–Trinajstić information content (AvgIpc) is 1.95. The summed E-state index contributed by atoms with van der Waals surface area (Å²) < 4.78 is 4.96. The number of carbonyl (C=O) groups is 2. The van der Waals surface area contributed by atoms with E-state index in [-0.39, 0.29) is 6.42 Å². The molecule has 1 unspecified atom stereocenters. The van der Waals surface area contributed by atoms with E-state index in [9.17, 15) is 9.59 Å². The highest BCUT2D eigenvalue weighted by atomic mass is 16.6. The maximum atomic E-state index is 11.3. The largest absolute Gasteiger partial charge is 0.481 e. The van der Waals surface area contributed by atoms with E-state index >= 15 is 0 Å². The van der Waals surface area contributed by atoms with Gasteiger partial charge in [0.05, 0.1) is 18.4 Å². The molecule has 0 rings (SSSR count). The number of carboxylic acid groups (broad SMARTS) is 1. The first-order valence-corrected chi connectivity index (χ1v) is 4.76. The fourth-order valence-electron chi connectivity index (χ4n) is 1.03. The lowest BCUT2D eigenvalue weighted by molar-refractivity contribution is -0.162. The van der Waals surface area contributed by atoms with Crippen molar-refractivity contribution in [1.29, 1.82) is 0 Å². The molecule has 88 valence electrons. The highest BCUT2D eigenvalue weighted by Gasteiger charge is 2.28. The summed E-state index contributed by atoms with van der Waals surface area (Å²) in [5.74, 6) is -2.92. The Kier molecular flexibility index (Phi) is 4.74. The van der Waals surface area contributed by atoms with Gasteiger partial charge in [-0.2, -0.15) is 0 Å². The molecule has 0 aromatic heterocycles. The van der Waals surface area contributed by atoms with Gasteiger partial charge in [0.1, 0.15) is 5.60 Å². The minimum Gasteiger partial charge on any atom is -0.481 e. The smallest absolute Gasteiger partial charge is 0.309 e. The molecule has 0 radical (unpaired) electrons. The van der Waals surface area contributed by atoms with Crippen molar-refractivity contribution in [3.63, 3.8) is 0 Å². The van der Waals surface area contributed by atoms with Crippen molar-refractivity contribution in [2.45, 2.75) is 45.8 Å². The van der Waals surface area contributed by atoms with Gasteiger partial charge in [0, 0.05) is 0 Å². The van der Waals surface area contributed by atoms with Crippen LogP contribution in [-0.2, 0) is 14.3 Å². The van der Waals surface area contributed by atoms with Crippen molar-refractivity contribution in [1.82, 2.24) is 0 Å². The number of aliphatic carboxylic acids is 1. The standard InChI is InChI=1S/C10H18O5/c1-6(11)7(9(13)14)5-8(12)15-10(2,3)4/h6-7,11H,5H2,1-4H3,(H,13,14)/t6?,7-/m0/s1. The van der Waals surface area contributed by atoms with Gasteiger partial charge < -0.3 is 14.9 Å². The molecule has 0 saturated heterocycles. The van der Waals surface area contributed by atoms with E-state index in [1.807, 2.05) is 0 Å². The summed E-state index contributed by atoms with van der Waals surface area (Å²) in [5.41, 5.74) is -0.640. The molecule has 0 bridgehead atoms. The average molecular weight is 218 g/mol. The van der Waals surface area contributed by atoms with Crippen LogP contribution < -0.4 is 0 Å². The lowest BCUT2D eigenvalue weighted by Gasteiger charge is -2.21. The Morgan fingerprint density at radius 2 is 1.80 bits per heavy atom. The van der Waals surface area contributed by atoms with Crippen molar-refractivity contribution in [2.24, 2.45) is 5.92 Å². The second-order valence-electron chi connectivity index (χ2n) is 4.48. The fraction of sp³-hybridized carbons (Fsp3) is 0.800. The zero-order valence-corrected chi connectivity index (χ0v) is 9.48. The van der Waals surface area contributed by atoms with E-state index in [0.29, 0.717) is 0 Å². The van der Waals surface area contributed by atoms with Gasteiger partial charge in [0.15, 0.2) is 0 Å². The van der Waals surface area contributed by atoms with Crippen LogP contribution in [0.2, 0.25) is 0 Å². The zero-order chi connectivity index (χ0) is 12.2. The summed E-state index contributed by atoms with van der Waals surface area (Å²) in [7, 11) is 0. The SMILES string of the molecule is CC(O)[C@H](CC(=O)OC(C)(C)C)C(=O)O. The molecule has 15 heavy (non-hydrogen) atoms. The van der Waals surface area contributed by atoms with Gasteiger partial charge in [-0.1, -0.05) is 0 Å². The van der Waals surface area contributed by atoms with Crippen LogP contribution in [0.4, 0.5) is 0 Å². The predicted octanol–water partition coefficient (Wildman–Crippen LogP) is 0.800. The molecule has 0 aliphatic rings. The highest BCUT2D eigenvalue weighted by Crippen LogP contribution is 2.14. The quantitative estimate of drug-likeness (QED) is 0.682. The molecule has 5 nitrogen and oxygen atoms in total. The third-order valence-electron chi connectivity index (χ3n) is 1.71. The number of aliphatic hydroxyl groups is 1. The van der Waals surface area contributed by atoms with E-state index < -0.39 is 29.6 Å². The molecule has 0 spiro atoms. The number of carboxylic acids is 1. The van der Waals surface area contributed by atoms with Crippen LogP contribution >= 0.6 is 0 Å². The molecule has 0 aliphatic heterocycles. The molecule has 0 saturated carbocycles. The van der Waals surface area contributed by atoms with E-state index in [1.54, 1.807) is 20.8 Å². The molecule has 0 aliphatic carbocycles. The number of rotatable bonds is 4. The Labute approximate surface area is 89.0 Å². The first-order valence-electron chi connectivity index (χ1n) is 4.76. The van der Waals surface area contributed by atoms with Crippen molar-refractivity contribution >= 4 is 11.9 Å². The minimum absolute atomic E-state index is 0.315. The van der Waals surface area contributed by atoms with E-state index in [0.717, 1.165) is 0 Å². The molecule has 0 fully saturated rings. The zero-order valence-electron chi connectivity index (χ0n) is 9.48. The van der Waals surface area contributed by atoms with Crippen LogP contribution in [0, 0.1) is 5.92 Å². The fourth-order valence-corrected chi connectivity index (χ4v) is 1.03. The van der Waals surface area contributed by atoms with Crippen LogP contribution in [0.5, 0.6) is 0 Å². The van der Waals surface area contributed by atoms with E-state index in [4.69, 9.17) is 14.9 Å². The summed E-state index contributed by atoms with van der Waals surface area (Å²) >= 11 is 0. The van der Waals surface area contributed by atoms with E-state index in [1.165, 1.54) is 6.92 Å². The van der Waals surface area contributed by atoms with E-state index in [2.05, 4.69) is 0 Å². The second-order valence-corrected chi connectivity index (χ2v) is 4.48. The van der Waals surface area contributed by atoms with Gasteiger partial charge in [0.2, 0.25) is 0 Å². The molecular formula is C10H18O5. The van der Waals surface area contributed by atoms with Gasteiger partial charge in [0.25, 0.3) is 0 Å².